The maximum Gasteiger partial charge on any atom is 0.138 e. The molecule has 0 fully saturated rings. The SMILES string of the molecule is CCCCCCC(C)NCc1cc(Cl)cc(Cl)c1O. The molecule has 2 nitrogen and oxygen atoms in total. The van der Waals surface area contributed by atoms with Gasteiger partial charge in [0.2, 0.25) is 0 Å². The number of aromatic hydroxyl groups is 1. The summed E-state index contributed by atoms with van der Waals surface area (Å²) in [6, 6.07) is 3.73. The molecule has 0 bridgehead atoms. The number of hydrogen-bond donors (Lipinski definition) is 2. The lowest BCUT2D eigenvalue weighted by Crippen LogP contribution is -2.25. The van der Waals surface area contributed by atoms with Crippen LogP contribution in [0.3, 0.4) is 0 Å². The molecule has 0 spiro atoms. The Labute approximate surface area is 126 Å². The van der Waals surface area contributed by atoms with Gasteiger partial charge in [0.1, 0.15) is 5.75 Å². The Balaban J connectivity index is 2.39. The summed E-state index contributed by atoms with van der Waals surface area (Å²) in [4.78, 5) is 0. The molecule has 1 aromatic rings. The van der Waals surface area contributed by atoms with Crippen LogP contribution in [0.15, 0.2) is 12.1 Å². The molecule has 1 unspecified atom stereocenters. The van der Waals surface area contributed by atoms with Crippen molar-refractivity contribution in [2.24, 2.45) is 0 Å². The molecule has 0 amide bonds. The smallest absolute Gasteiger partial charge is 0.138 e. The average Bonchev–Trinajstić information content (AvgIpc) is 2.37. The number of halogens is 2. The van der Waals surface area contributed by atoms with Crippen LogP contribution in [-0.4, -0.2) is 11.1 Å². The fraction of sp³-hybridized carbons (Fsp3) is 0.600. The maximum atomic E-state index is 9.85. The minimum atomic E-state index is 0.122. The lowest BCUT2D eigenvalue weighted by atomic mass is 10.1. The summed E-state index contributed by atoms with van der Waals surface area (Å²) in [6.45, 7) is 4.96. The van der Waals surface area contributed by atoms with Crippen molar-refractivity contribution in [1.82, 2.24) is 5.32 Å². The summed E-state index contributed by atoms with van der Waals surface area (Å²) >= 11 is 11.8. The van der Waals surface area contributed by atoms with Gasteiger partial charge in [0.15, 0.2) is 0 Å². The standard InChI is InChI=1S/C15H23Cl2NO/c1-3-4-5-6-7-11(2)18-10-12-8-13(16)9-14(17)15(12)19/h8-9,11,18-19H,3-7,10H2,1-2H3. The molecule has 108 valence electrons. The van der Waals surface area contributed by atoms with Crippen LogP contribution in [0.25, 0.3) is 0 Å². The van der Waals surface area contributed by atoms with Crippen LogP contribution in [0, 0.1) is 0 Å². The van der Waals surface area contributed by atoms with Gasteiger partial charge >= 0.3 is 0 Å². The molecule has 1 aromatic carbocycles. The van der Waals surface area contributed by atoms with E-state index in [2.05, 4.69) is 19.2 Å². The van der Waals surface area contributed by atoms with E-state index < -0.39 is 0 Å². The predicted octanol–water partition coefficient (Wildman–Crippen LogP) is 5.15. The molecule has 0 heterocycles. The Morgan fingerprint density at radius 3 is 2.63 bits per heavy atom. The van der Waals surface area contributed by atoms with E-state index in [4.69, 9.17) is 23.2 Å². The Hall–Kier alpha value is -0.440. The predicted molar refractivity (Wildman–Crippen MR) is 83.2 cm³/mol. The molecule has 4 heteroatoms. The van der Waals surface area contributed by atoms with Crippen LogP contribution in [-0.2, 0) is 6.54 Å². The number of benzene rings is 1. The zero-order chi connectivity index (χ0) is 14.3. The molecule has 0 aliphatic rings. The van der Waals surface area contributed by atoms with Gasteiger partial charge < -0.3 is 10.4 Å². The van der Waals surface area contributed by atoms with Crippen molar-refractivity contribution in [3.63, 3.8) is 0 Å². The minimum Gasteiger partial charge on any atom is -0.506 e. The van der Waals surface area contributed by atoms with E-state index in [0.717, 1.165) is 12.0 Å². The van der Waals surface area contributed by atoms with E-state index in [1.165, 1.54) is 25.7 Å². The molecule has 19 heavy (non-hydrogen) atoms. The lowest BCUT2D eigenvalue weighted by molar-refractivity contribution is 0.449. The van der Waals surface area contributed by atoms with Crippen molar-refractivity contribution in [1.29, 1.82) is 0 Å². The number of phenols is 1. The number of hydrogen-bond acceptors (Lipinski definition) is 2. The molecular weight excluding hydrogens is 281 g/mol. The fourth-order valence-corrected chi connectivity index (χ4v) is 2.55. The molecule has 0 saturated carbocycles. The van der Waals surface area contributed by atoms with Crippen molar-refractivity contribution < 1.29 is 5.11 Å². The van der Waals surface area contributed by atoms with Crippen molar-refractivity contribution in [3.8, 4) is 5.75 Å². The van der Waals surface area contributed by atoms with Crippen LogP contribution in [0.5, 0.6) is 5.75 Å². The molecule has 0 aromatic heterocycles. The first-order valence-electron chi connectivity index (χ1n) is 6.94. The fourth-order valence-electron chi connectivity index (χ4n) is 2.02. The molecular formula is C15H23Cl2NO. The number of unbranched alkanes of at least 4 members (excludes halogenated alkanes) is 3. The lowest BCUT2D eigenvalue weighted by Gasteiger charge is -2.15. The normalized spacial score (nSPS) is 12.6. The summed E-state index contributed by atoms with van der Waals surface area (Å²) in [5, 5.41) is 14.1. The van der Waals surface area contributed by atoms with Crippen LogP contribution in [0.4, 0.5) is 0 Å². The first-order chi connectivity index (χ1) is 9.04. The van der Waals surface area contributed by atoms with Gasteiger partial charge in [0, 0.05) is 23.2 Å². The Morgan fingerprint density at radius 2 is 1.95 bits per heavy atom. The third-order valence-corrected chi connectivity index (χ3v) is 3.75. The van der Waals surface area contributed by atoms with Crippen LogP contribution >= 0.6 is 23.2 Å². The van der Waals surface area contributed by atoms with Gasteiger partial charge in [0.05, 0.1) is 5.02 Å². The van der Waals surface area contributed by atoms with E-state index in [1.54, 1.807) is 12.1 Å². The summed E-state index contributed by atoms with van der Waals surface area (Å²) in [5.74, 6) is 0.122. The highest BCUT2D eigenvalue weighted by molar-refractivity contribution is 6.35. The second kappa shape index (κ2) is 8.68. The molecule has 0 aliphatic carbocycles. The van der Waals surface area contributed by atoms with Crippen LogP contribution in [0.1, 0.15) is 51.5 Å². The van der Waals surface area contributed by atoms with Crippen molar-refractivity contribution in [2.75, 3.05) is 0 Å². The second-order valence-electron chi connectivity index (χ2n) is 5.03. The van der Waals surface area contributed by atoms with E-state index in [0.29, 0.717) is 22.6 Å². The van der Waals surface area contributed by atoms with Gasteiger partial charge in [0.25, 0.3) is 0 Å². The zero-order valence-electron chi connectivity index (χ0n) is 11.7. The highest BCUT2D eigenvalue weighted by Gasteiger charge is 2.09. The van der Waals surface area contributed by atoms with Crippen molar-refractivity contribution >= 4 is 23.2 Å². The van der Waals surface area contributed by atoms with Gasteiger partial charge in [-0.1, -0.05) is 55.8 Å². The maximum absolute atomic E-state index is 9.85. The first kappa shape index (κ1) is 16.6. The molecule has 0 radical (unpaired) electrons. The molecule has 0 saturated heterocycles. The third-order valence-electron chi connectivity index (χ3n) is 3.24. The topological polar surface area (TPSA) is 32.3 Å². The summed E-state index contributed by atoms with van der Waals surface area (Å²) in [7, 11) is 0. The summed E-state index contributed by atoms with van der Waals surface area (Å²) in [5.41, 5.74) is 0.748. The molecule has 1 atom stereocenters. The molecule has 1 rings (SSSR count). The number of rotatable bonds is 8. The Bertz CT molecular complexity index is 396. The van der Waals surface area contributed by atoms with Gasteiger partial charge in [-0.05, 0) is 25.5 Å². The van der Waals surface area contributed by atoms with Gasteiger partial charge in [-0.25, -0.2) is 0 Å². The first-order valence-corrected chi connectivity index (χ1v) is 7.70. The van der Waals surface area contributed by atoms with Crippen molar-refractivity contribution in [3.05, 3.63) is 27.7 Å². The van der Waals surface area contributed by atoms with Crippen LogP contribution < -0.4 is 5.32 Å². The largest absolute Gasteiger partial charge is 0.506 e. The Kier molecular flexibility index (Phi) is 7.59. The Morgan fingerprint density at radius 1 is 1.21 bits per heavy atom. The zero-order valence-corrected chi connectivity index (χ0v) is 13.2. The third kappa shape index (κ3) is 6.03. The average molecular weight is 304 g/mol. The van der Waals surface area contributed by atoms with Gasteiger partial charge in [-0.15, -0.1) is 0 Å². The number of nitrogens with one attached hydrogen (secondary N) is 1. The monoisotopic (exact) mass is 303 g/mol. The quantitative estimate of drug-likeness (QED) is 0.651. The van der Waals surface area contributed by atoms with E-state index in [-0.39, 0.29) is 5.75 Å². The van der Waals surface area contributed by atoms with E-state index >= 15 is 0 Å². The van der Waals surface area contributed by atoms with Gasteiger partial charge in [-0.3, -0.25) is 0 Å². The highest BCUT2D eigenvalue weighted by Crippen LogP contribution is 2.31. The molecule has 0 aliphatic heterocycles. The van der Waals surface area contributed by atoms with Gasteiger partial charge in [-0.2, -0.15) is 0 Å². The second-order valence-corrected chi connectivity index (χ2v) is 5.87. The number of phenolic OH excluding ortho intramolecular Hbond substituents is 1. The highest BCUT2D eigenvalue weighted by atomic mass is 35.5. The van der Waals surface area contributed by atoms with Crippen molar-refractivity contribution in [2.45, 2.75) is 58.5 Å². The van der Waals surface area contributed by atoms with Crippen LogP contribution in [0.2, 0.25) is 10.0 Å². The van der Waals surface area contributed by atoms with E-state index in [9.17, 15) is 5.11 Å². The summed E-state index contributed by atoms with van der Waals surface area (Å²) < 4.78 is 0. The summed E-state index contributed by atoms with van der Waals surface area (Å²) in [6.07, 6.45) is 6.24. The minimum absolute atomic E-state index is 0.122. The molecule has 2 N–H and O–H groups in total. The van der Waals surface area contributed by atoms with E-state index in [1.807, 2.05) is 0 Å².